The Hall–Kier alpha value is -2.41. The lowest BCUT2D eigenvalue weighted by atomic mass is 10.0. The number of likely N-dealkylation sites (N-methyl/N-ethyl adjacent to an activating group) is 1. The topological polar surface area (TPSA) is 89.9 Å². The first-order valence-electron chi connectivity index (χ1n) is 9.59. The Kier molecular flexibility index (Phi) is 6.11. The second-order valence-corrected chi connectivity index (χ2v) is 7.31. The molecule has 0 bridgehead atoms. The summed E-state index contributed by atoms with van der Waals surface area (Å²) in [5.74, 6) is -2.01. The molecule has 7 heteroatoms. The highest BCUT2D eigenvalue weighted by Gasteiger charge is 2.38. The summed E-state index contributed by atoms with van der Waals surface area (Å²) in [6.07, 6.45) is 2.36. The van der Waals surface area contributed by atoms with Gasteiger partial charge in [0.05, 0.1) is 5.92 Å². The van der Waals surface area contributed by atoms with E-state index in [2.05, 4.69) is 17.1 Å². The summed E-state index contributed by atoms with van der Waals surface area (Å²) < 4.78 is 0. The number of nitrogens with zero attached hydrogens (tertiary/aromatic N) is 2. The summed E-state index contributed by atoms with van der Waals surface area (Å²) in [5.41, 5.74) is 0.518. The van der Waals surface area contributed by atoms with Gasteiger partial charge in [-0.05, 0) is 31.5 Å². The number of carbonyl (C=O) groups is 3. The molecule has 1 aromatic carbocycles. The summed E-state index contributed by atoms with van der Waals surface area (Å²) in [4.78, 5) is 40.7. The summed E-state index contributed by atoms with van der Waals surface area (Å²) in [7, 11) is 0. The van der Waals surface area contributed by atoms with Gasteiger partial charge in [-0.15, -0.1) is 0 Å². The van der Waals surface area contributed by atoms with Crippen molar-refractivity contribution in [2.75, 3.05) is 26.2 Å². The minimum atomic E-state index is -1.11. The SMILES string of the molecule is CCN1CCC[C@H]1CN1C[C@H](C(=O)N[C@@H](C(=O)O)c2ccccc2)CC1=O. The molecule has 27 heavy (non-hydrogen) atoms. The van der Waals surface area contributed by atoms with Gasteiger partial charge in [-0.3, -0.25) is 14.5 Å². The number of benzene rings is 1. The molecule has 2 amide bonds. The van der Waals surface area contributed by atoms with E-state index >= 15 is 0 Å². The predicted octanol–water partition coefficient (Wildman–Crippen LogP) is 1.26. The summed E-state index contributed by atoms with van der Waals surface area (Å²) in [6.45, 7) is 5.16. The third-order valence-corrected chi connectivity index (χ3v) is 5.59. The minimum absolute atomic E-state index is 0.0234. The summed E-state index contributed by atoms with van der Waals surface area (Å²) in [6, 6.07) is 7.86. The number of carbonyl (C=O) groups excluding carboxylic acids is 2. The number of nitrogens with one attached hydrogen (secondary N) is 1. The van der Waals surface area contributed by atoms with E-state index in [1.54, 1.807) is 35.2 Å². The van der Waals surface area contributed by atoms with Crippen LogP contribution >= 0.6 is 0 Å². The average Bonchev–Trinajstić information content (AvgIpc) is 3.26. The van der Waals surface area contributed by atoms with Gasteiger partial charge in [0.2, 0.25) is 11.8 Å². The van der Waals surface area contributed by atoms with Gasteiger partial charge in [-0.25, -0.2) is 4.79 Å². The van der Waals surface area contributed by atoms with E-state index in [-0.39, 0.29) is 18.2 Å². The second kappa shape index (κ2) is 8.52. The van der Waals surface area contributed by atoms with Crippen LogP contribution in [0.2, 0.25) is 0 Å². The number of hydrogen-bond acceptors (Lipinski definition) is 4. The minimum Gasteiger partial charge on any atom is -0.479 e. The fraction of sp³-hybridized carbons (Fsp3) is 0.550. The van der Waals surface area contributed by atoms with Crippen molar-refractivity contribution in [3.63, 3.8) is 0 Å². The third kappa shape index (κ3) is 4.47. The van der Waals surface area contributed by atoms with Crippen molar-refractivity contribution in [3.8, 4) is 0 Å². The van der Waals surface area contributed by atoms with Crippen LogP contribution in [-0.4, -0.2) is 64.9 Å². The van der Waals surface area contributed by atoms with E-state index in [9.17, 15) is 19.5 Å². The van der Waals surface area contributed by atoms with E-state index < -0.39 is 17.9 Å². The normalized spacial score (nSPS) is 24.2. The van der Waals surface area contributed by atoms with Crippen LogP contribution in [-0.2, 0) is 14.4 Å². The molecular weight excluding hydrogens is 346 g/mol. The predicted molar refractivity (Wildman–Crippen MR) is 99.9 cm³/mol. The van der Waals surface area contributed by atoms with Gasteiger partial charge in [-0.2, -0.15) is 0 Å². The van der Waals surface area contributed by atoms with Crippen LogP contribution in [0.1, 0.15) is 37.8 Å². The maximum Gasteiger partial charge on any atom is 0.330 e. The van der Waals surface area contributed by atoms with Gasteiger partial charge < -0.3 is 15.3 Å². The molecule has 0 spiro atoms. The molecule has 2 fully saturated rings. The molecule has 2 aliphatic heterocycles. The van der Waals surface area contributed by atoms with Crippen molar-refractivity contribution in [2.24, 2.45) is 5.92 Å². The van der Waals surface area contributed by atoms with Crippen LogP contribution in [0, 0.1) is 5.92 Å². The first-order valence-corrected chi connectivity index (χ1v) is 9.59. The number of likely N-dealkylation sites (tertiary alicyclic amines) is 2. The summed E-state index contributed by atoms with van der Waals surface area (Å²) in [5, 5.41) is 12.1. The Morgan fingerprint density at radius 1 is 1.30 bits per heavy atom. The quantitative estimate of drug-likeness (QED) is 0.751. The zero-order valence-electron chi connectivity index (χ0n) is 15.6. The van der Waals surface area contributed by atoms with Crippen molar-refractivity contribution in [1.82, 2.24) is 15.1 Å². The Labute approximate surface area is 159 Å². The van der Waals surface area contributed by atoms with Crippen LogP contribution in [0.3, 0.4) is 0 Å². The monoisotopic (exact) mass is 373 g/mol. The number of carboxylic acid groups (broad SMARTS) is 1. The first kappa shape index (κ1) is 19.4. The van der Waals surface area contributed by atoms with Gasteiger partial charge in [0.15, 0.2) is 6.04 Å². The van der Waals surface area contributed by atoms with Crippen LogP contribution in [0.4, 0.5) is 0 Å². The van der Waals surface area contributed by atoms with E-state index in [0.29, 0.717) is 24.7 Å². The summed E-state index contributed by atoms with van der Waals surface area (Å²) >= 11 is 0. The maximum atomic E-state index is 12.6. The maximum absolute atomic E-state index is 12.6. The standard InChI is InChI=1S/C20H27N3O4/c1-2-22-10-6-9-16(22)13-23-12-15(11-17(23)24)19(25)21-18(20(26)27)14-7-4-3-5-8-14/h3-5,7-8,15-16,18H,2,6,9-13H2,1H3,(H,21,25)(H,26,27)/t15-,16+,18-/m1/s1. The number of carboxylic acids is 1. The Morgan fingerprint density at radius 3 is 2.70 bits per heavy atom. The van der Waals surface area contributed by atoms with Crippen molar-refractivity contribution in [1.29, 1.82) is 0 Å². The number of aliphatic carboxylic acids is 1. The molecule has 2 heterocycles. The molecule has 3 atom stereocenters. The molecule has 0 aromatic heterocycles. The molecule has 1 aromatic rings. The Bertz CT molecular complexity index is 694. The second-order valence-electron chi connectivity index (χ2n) is 7.31. The molecule has 2 saturated heterocycles. The molecule has 3 rings (SSSR count). The lowest BCUT2D eigenvalue weighted by Crippen LogP contribution is -2.42. The van der Waals surface area contributed by atoms with Crippen molar-refractivity contribution in [3.05, 3.63) is 35.9 Å². The molecule has 0 saturated carbocycles. The van der Waals surface area contributed by atoms with Gasteiger partial charge in [-0.1, -0.05) is 37.3 Å². The largest absolute Gasteiger partial charge is 0.479 e. The fourth-order valence-electron chi connectivity index (χ4n) is 4.09. The van der Waals surface area contributed by atoms with Crippen LogP contribution in [0.25, 0.3) is 0 Å². The average molecular weight is 373 g/mol. The molecular formula is C20H27N3O4. The Balaban J connectivity index is 1.60. The smallest absolute Gasteiger partial charge is 0.330 e. The molecule has 2 N–H and O–H groups in total. The van der Waals surface area contributed by atoms with Crippen LogP contribution in [0.5, 0.6) is 0 Å². The number of amides is 2. The molecule has 0 radical (unpaired) electrons. The van der Waals surface area contributed by atoms with Gasteiger partial charge in [0.1, 0.15) is 0 Å². The van der Waals surface area contributed by atoms with Gasteiger partial charge >= 0.3 is 5.97 Å². The van der Waals surface area contributed by atoms with Crippen LogP contribution in [0.15, 0.2) is 30.3 Å². The van der Waals surface area contributed by atoms with E-state index in [4.69, 9.17) is 0 Å². The lowest BCUT2D eigenvalue weighted by molar-refractivity contribution is -0.142. The molecule has 7 nitrogen and oxygen atoms in total. The Morgan fingerprint density at radius 2 is 2.04 bits per heavy atom. The fourth-order valence-corrected chi connectivity index (χ4v) is 4.09. The molecule has 0 aliphatic carbocycles. The third-order valence-electron chi connectivity index (χ3n) is 5.59. The highest BCUT2D eigenvalue weighted by molar-refractivity contribution is 5.91. The first-order chi connectivity index (χ1) is 13.0. The lowest BCUT2D eigenvalue weighted by Gasteiger charge is -2.27. The van der Waals surface area contributed by atoms with Crippen molar-refractivity contribution >= 4 is 17.8 Å². The number of rotatable bonds is 7. The molecule has 2 aliphatic rings. The highest BCUT2D eigenvalue weighted by Crippen LogP contribution is 2.24. The molecule has 146 valence electrons. The van der Waals surface area contributed by atoms with Crippen molar-refractivity contribution < 1.29 is 19.5 Å². The van der Waals surface area contributed by atoms with Crippen LogP contribution < -0.4 is 5.32 Å². The van der Waals surface area contributed by atoms with E-state index in [0.717, 1.165) is 25.9 Å². The van der Waals surface area contributed by atoms with Gasteiger partial charge in [0, 0.05) is 25.6 Å². The zero-order chi connectivity index (χ0) is 19.4. The van der Waals surface area contributed by atoms with E-state index in [1.165, 1.54) is 0 Å². The van der Waals surface area contributed by atoms with Gasteiger partial charge in [0.25, 0.3) is 0 Å². The number of hydrogen-bond donors (Lipinski definition) is 2. The van der Waals surface area contributed by atoms with E-state index in [1.807, 2.05) is 0 Å². The highest BCUT2D eigenvalue weighted by atomic mass is 16.4. The zero-order valence-corrected chi connectivity index (χ0v) is 15.6. The molecule has 0 unspecified atom stereocenters. The van der Waals surface area contributed by atoms with Crippen molar-refractivity contribution in [2.45, 2.75) is 38.3 Å².